The molecule has 1 aliphatic carbocycles. The highest BCUT2D eigenvalue weighted by molar-refractivity contribution is 7.92. The Morgan fingerprint density at radius 3 is 2.48 bits per heavy atom. The highest BCUT2D eigenvalue weighted by Gasteiger charge is 2.75. The maximum absolute atomic E-state index is 13.7. The first-order valence-electron chi connectivity index (χ1n) is 8.41. The lowest BCUT2D eigenvalue weighted by Gasteiger charge is -2.14. The van der Waals surface area contributed by atoms with Crippen LogP contribution in [0.1, 0.15) is 18.4 Å². The second-order valence-corrected chi connectivity index (χ2v) is 8.92. The fraction of sp³-hybridized carbons (Fsp3) is 0.316. The molecule has 0 radical (unpaired) electrons. The van der Waals surface area contributed by atoms with E-state index in [9.17, 15) is 17.6 Å². The molecule has 0 saturated heterocycles. The van der Waals surface area contributed by atoms with Crippen molar-refractivity contribution < 1.29 is 22.3 Å². The quantitative estimate of drug-likeness (QED) is 0.738. The summed E-state index contributed by atoms with van der Waals surface area (Å²) in [4.78, 5) is 12.7. The predicted octanol–water partition coefficient (Wildman–Crippen LogP) is 2.93. The van der Waals surface area contributed by atoms with Crippen LogP contribution in [0.15, 0.2) is 53.4 Å². The Labute approximate surface area is 162 Å². The van der Waals surface area contributed by atoms with E-state index < -0.39 is 38.2 Å². The van der Waals surface area contributed by atoms with E-state index >= 15 is 0 Å². The van der Waals surface area contributed by atoms with Crippen molar-refractivity contribution in [1.29, 1.82) is 0 Å². The number of halogens is 2. The molecule has 0 aliphatic heterocycles. The molecule has 5 nitrogen and oxygen atoms in total. The molecular weight excluding hydrogens is 393 g/mol. The molecule has 0 unspecified atom stereocenters. The van der Waals surface area contributed by atoms with E-state index in [1.807, 2.05) is 0 Å². The van der Waals surface area contributed by atoms with Gasteiger partial charge < -0.3 is 10.5 Å². The Balaban J connectivity index is 2.12. The minimum absolute atomic E-state index is 0.0259. The van der Waals surface area contributed by atoms with E-state index in [0.29, 0.717) is 10.6 Å². The molecule has 0 aromatic heterocycles. The summed E-state index contributed by atoms with van der Waals surface area (Å²) in [5, 5.41) is -0.751. The number of hydrogen-bond acceptors (Lipinski definition) is 5. The molecule has 3 rings (SSSR count). The van der Waals surface area contributed by atoms with Crippen molar-refractivity contribution in [3.8, 4) is 0 Å². The zero-order chi connectivity index (χ0) is 19.8. The Kier molecular flexibility index (Phi) is 5.29. The van der Waals surface area contributed by atoms with E-state index in [-0.39, 0.29) is 18.0 Å². The Bertz CT molecular complexity index is 964. The van der Waals surface area contributed by atoms with Crippen molar-refractivity contribution in [2.75, 3.05) is 13.2 Å². The normalized spacial score (nSPS) is 24.4. The van der Waals surface area contributed by atoms with Crippen LogP contribution in [0.4, 0.5) is 4.39 Å². The van der Waals surface area contributed by atoms with Crippen LogP contribution in [0.3, 0.4) is 0 Å². The monoisotopic (exact) mass is 411 g/mol. The summed E-state index contributed by atoms with van der Waals surface area (Å²) in [6.07, 6.45) is 0. The van der Waals surface area contributed by atoms with Gasteiger partial charge in [-0.15, -0.1) is 0 Å². The van der Waals surface area contributed by atoms with Gasteiger partial charge in [0.05, 0.1) is 16.8 Å². The van der Waals surface area contributed by atoms with Crippen molar-refractivity contribution in [2.24, 2.45) is 11.1 Å². The van der Waals surface area contributed by atoms with Gasteiger partial charge in [0.15, 0.2) is 9.84 Å². The SMILES string of the molecule is CCOC(=O)[C@]1(CN)[C@@H](c2cccc(F)c2)[C@@H]1S(=O)(=O)c1ccc(Cl)cc1. The molecule has 2 aromatic carbocycles. The number of sulfone groups is 1. The van der Waals surface area contributed by atoms with E-state index in [2.05, 4.69) is 0 Å². The van der Waals surface area contributed by atoms with Gasteiger partial charge in [0.2, 0.25) is 0 Å². The lowest BCUT2D eigenvalue weighted by Crippen LogP contribution is -2.33. The third-order valence-electron chi connectivity index (χ3n) is 4.93. The molecule has 0 spiro atoms. The number of carbonyl (C=O) groups is 1. The van der Waals surface area contributed by atoms with Gasteiger partial charge in [-0.2, -0.15) is 0 Å². The summed E-state index contributed by atoms with van der Waals surface area (Å²) < 4.78 is 45.4. The van der Waals surface area contributed by atoms with Gasteiger partial charge in [0.25, 0.3) is 0 Å². The maximum Gasteiger partial charge on any atom is 0.315 e. The topological polar surface area (TPSA) is 86.5 Å². The van der Waals surface area contributed by atoms with Crippen LogP contribution in [0, 0.1) is 11.2 Å². The van der Waals surface area contributed by atoms with Crippen LogP contribution in [0.5, 0.6) is 0 Å². The molecular formula is C19H19ClFNO4S. The average molecular weight is 412 g/mol. The molecule has 144 valence electrons. The van der Waals surface area contributed by atoms with Crippen molar-refractivity contribution in [1.82, 2.24) is 0 Å². The first kappa shape index (κ1) is 19.8. The van der Waals surface area contributed by atoms with Crippen LogP contribution >= 0.6 is 11.6 Å². The van der Waals surface area contributed by atoms with Crippen LogP contribution in [-0.4, -0.2) is 32.8 Å². The highest BCUT2D eigenvalue weighted by Crippen LogP contribution is 2.64. The van der Waals surface area contributed by atoms with Gasteiger partial charge >= 0.3 is 5.97 Å². The molecule has 0 bridgehead atoms. The number of esters is 1. The number of rotatable bonds is 6. The van der Waals surface area contributed by atoms with Crippen molar-refractivity contribution >= 4 is 27.4 Å². The molecule has 3 atom stereocenters. The van der Waals surface area contributed by atoms with Crippen LogP contribution in [0.2, 0.25) is 5.02 Å². The van der Waals surface area contributed by atoms with Crippen LogP contribution in [-0.2, 0) is 19.4 Å². The van der Waals surface area contributed by atoms with E-state index in [4.69, 9.17) is 22.1 Å². The number of benzene rings is 2. The average Bonchev–Trinajstić information content (AvgIpc) is 3.34. The van der Waals surface area contributed by atoms with Gasteiger partial charge in [-0.3, -0.25) is 4.79 Å². The molecule has 1 saturated carbocycles. The number of nitrogens with two attached hydrogens (primary N) is 1. The lowest BCUT2D eigenvalue weighted by atomic mass is 9.99. The third-order valence-corrected chi connectivity index (χ3v) is 7.48. The van der Waals surface area contributed by atoms with Crippen molar-refractivity contribution in [2.45, 2.75) is 23.0 Å². The van der Waals surface area contributed by atoms with E-state index in [1.165, 1.54) is 42.5 Å². The summed E-state index contributed by atoms with van der Waals surface area (Å²) in [6, 6.07) is 11.2. The first-order valence-corrected chi connectivity index (χ1v) is 10.3. The van der Waals surface area contributed by atoms with Crippen LogP contribution in [0.25, 0.3) is 0 Å². The summed E-state index contributed by atoms with van der Waals surface area (Å²) in [6.45, 7) is 1.49. The molecule has 0 amide bonds. The van der Waals surface area contributed by atoms with Crippen molar-refractivity contribution in [3.05, 3.63) is 64.9 Å². The number of ether oxygens (including phenoxy) is 1. The van der Waals surface area contributed by atoms with Crippen molar-refractivity contribution in [3.63, 3.8) is 0 Å². The smallest absolute Gasteiger partial charge is 0.315 e. The van der Waals surface area contributed by atoms with E-state index in [0.717, 1.165) is 0 Å². The summed E-state index contributed by atoms with van der Waals surface area (Å²) in [5.41, 5.74) is 4.82. The van der Waals surface area contributed by atoms with Gasteiger partial charge in [-0.25, -0.2) is 12.8 Å². The predicted molar refractivity (Wildman–Crippen MR) is 99.7 cm³/mol. The zero-order valence-corrected chi connectivity index (χ0v) is 16.1. The standard InChI is InChI=1S/C19H19ClFNO4S/c1-2-26-18(23)19(11-22)16(12-4-3-5-14(21)10-12)17(19)27(24,25)15-8-6-13(20)7-9-15/h3-10,16-17H,2,11,22H2,1H3/t16-,17-,19+/m0/s1. The molecule has 2 aromatic rings. The molecule has 0 heterocycles. The minimum Gasteiger partial charge on any atom is -0.465 e. The highest BCUT2D eigenvalue weighted by atomic mass is 35.5. The van der Waals surface area contributed by atoms with Gasteiger partial charge in [-0.05, 0) is 48.9 Å². The Morgan fingerprint density at radius 2 is 1.93 bits per heavy atom. The largest absolute Gasteiger partial charge is 0.465 e. The maximum atomic E-state index is 13.7. The Morgan fingerprint density at radius 1 is 1.26 bits per heavy atom. The first-order chi connectivity index (χ1) is 12.8. The molecule has 1 aliphatic rings. The lowest BCUT2D eigenvalue weighted by molar-refractivity contribution is -0.149. The summed E-state index contributed by atoms with van der Waals surface area (Å²) >= 11 is 5.84. The fourth-order valence-electron chi connectivity index (χ4n) is 3.64. The Hall–Kier alpha value is -1.96. The molecule has 1 fully saturated rings. The minimum atomic E-state index is -3.94. The zero-order valence-electron chi connectivity index (χ0n) is 14.6. The summed E-state index contributed by atoms with van der Waals surface area (Å²) in [5.74, 6) is -2.00. The number of carbonyl (C=O) groups excluding carboxylic acids is 1. The second-order valence-electron chi connectivity index (χ2n) is 6.42. The van der Waals surface area contributed by atoms with Gasteiger partial charge in [0, 0.05) is 17.5 Å². The molecule has 8 heteroatoms. The van der Waals surface area contributed by atoms with Crippen LogP contribution < -0.4 is 5.73 Å². The van der Waals surface area contributed by atoms with E-state index in [1.54, 1.807) is 13.0 Å². The summed E-state index contributed by atoms with van der Waals surface area (Å²) in [7, 11) is -3.94. The number of hydrogen-bond donors (Lipinski definition) is 1. The second kappa shape index (κ2) is 7.22. The molecule has 2 N–H and O–H groups in total. The van der Waals surface area contributed by atoms with Gasteiger partial charge in [0.1, 0.15) is 11.2 Å². The third kappa shape index (κ3) is 3.24. The fourth-order valence-corrected chi connectivity index (χ4v) is 6.15. The molecule has 27 heavy (non-hydrogen) atoms. The van der Waals surface area contributed by atoms with Gasteiger partial charge in [-0.1, -0.05) is 23.7 Å².